The monoisotopic (exact) mass is 213 g/mol. The van der Waals surface area contributed by atoms with E-state index in [0.717, 1.165) is 19.5 Å². The summed E-state index contributed by atoms with van der Waals surface area (Å²) in [5, 5.41) is 0. The van der Waals surface area contributed by atoms with E-state index in [1.807, 2.05) is 6.92 Å². The van der Waals surface area contributed by atoms with Gasteiger partial charge in [0, 0.05) is 6.54 Å². The van der Waals surface area contributed by atoms with E-state index in [0.29, 0.717) is 5.92 Å². The molecule has 0 saturated carbocycles. The molecule has 1 rings (SSSR count). The molecule has 0 aliphatic carbocycles. The van der Waals surface area contributed by atoms with Gasteiger partial charge in [-0.3, -0.25) is 9.69 Å². The van der Waals surface area contributed by atoms with E-state index in [4.69, 9.17) is 4.74 Å². The Morgan fingerprint density at radius 2 is 2.27 bits per heavy atom. The molecule has 0 aromatic heterocycles. The summed E-state index contributed by atoms with van der Waals surface area (Å²) in [6.45, 7) is 8.33. The van der Waals surface area contributed by atoms with Gasteiger partial charge in [0.1, 0.15) is 5.54 Å². The van der Waals surface area contributed by atoms with Crippen molar-refractivity contribution in [2.75, 3.05) is 20.2 Å². The van der Waals surface area contributed by atoms with Gasteiger partial charge >= 0.3 is 5.97 Å². The zero-order valence-electron chi connectivity index (χ0n) is 10.4. The van der Waals surface area contributed by atoms with Crippen LogP contribution in [0.25, 0.3) is 0 Å². The van der Waals surface area contributed by atoms with Crippen molar-refractivity contribution in [2.45, 2.75) is 45.6 Å². The lowest BCUT2D eigenvalue weighted by molar-refractivity contribution is -0.156. The number of nitrogens with zero attached hydrogens (tertiary/aromatic N) is 1. The third-order valence-corrected chi connectivity index (χ3v) is 3.67. The van der Waals surface area contributed by atoms with E-state index >= 15 is 0 Å². The van der Waals surface area contributed by atoms with Gasteiger partial charge in [-0.25, -0.2) is 0 Å². The molecule has 3 nitrogen and oxygen atoms in total. The second-order valence-electron chi connectivity index (χ2n) is 4.81. The van der Waals surface area contributed by atoms with Gasteiger partial charge in [-0.15, -0.1) is 0 Å². The summed E-state index contributed by atoms with van der Waals surface area (Å²) in [6, 6.07) is 0. The summed E-state index contributed by atoms with van der Waals surface area (Å²) in [5.41, 5.74) is -0.427. The number of likely N-dealkylation sites (tertiary alicyclic amines) is 1. The summed E-state index contributed by atoms with van der Waals surface area (Å²) in [7, 11) is 1.48. The fraction of sp³-hybridized carbons (Fsp3) is 0.917. The number of hydrogen-bond acceptors (Lipinski definition) is 3. The van der Waals surface area contributed by atoms with Gasteiger partial charge in [-0.05, 0) is 38.6 Å². The normalized spacial score (nSPS) is 27.1. The van der Waals surface area contributed by atoms with Gasteiger partial charge in [-0.1, -0.05) is 13.8 Å². The second-order valence-corrected chi connectivity index (χ2v) is 4.81. The molecule has 0 unspecified atom stereocenters. The zero-order chi connectivity index (χ0) is 11.5. The number of hydrogen-bond donors (Lipinski definition) is 0. The van der Waals surface area contributed by atoms with Crippen LogP contribution in [-0.2, 0) is 9.53 Å². The van der Waals surface area contributed by atoms with Crippen molar-refractivity contribution in [3.63, 3.8) is 0 Å². The lowest BCUT2D eigenvalue weighted by Crippen LogP contribution is -2.55. The fourth-order valence-corrected chi connectivity index (χ4v) is 2.35. The molecule has 0 aromatic rings. The Balaban J connectivity index is 2.75. The lowest BCUT2D eigenvalue weighted by atomic mass is 9.90. The van der Waals surface area contributed by atoms with Crippen LogP contribution in [0.15, 0.2) is 0 Å². The number of rotatable bonds is 3. The van der Waals surface area contributed by atoms with Crippen LogP contribution in [0.5, 0.6) is 0 Å². The topological polar surface area (TPSA) is 29.5 Å². The molecule has 0 bridgehead atoms. The molecule has 1 heterocycles. The Morgan fingerprint density at radius 1 is 1.60 bits per heavy atom. The molecule has 0 N–H and O–H groups in total. The maximum atomic E-state index is 11.8. The number of carbonyl (C=O) groups excluding carboxylic acids is 1. The molecule has 0 radical (unpaired) electrons. The van der Waals surface area contributed by atoms with E-state index in [2.05, 4.69) is 18.7 Å². The van der Waals surface area contributed by atoms with Crippen LogP contribution in [0.3, 0.4) is 0 Å². The molecule has 1 aliphatic rings. The minimum atomic E-state index is -0.427. The third-order valence-electron chi connectivity index (χ3n) is 3.67. The first-order valence-corrected chi connectivity index (χ1v) is 5.88. The summed E-state index contributed by atoms with van der Waals surface area (Å²) in [5.74, 6) is 0.591. The fourth-order valence-electron chi connectivity index (χ4n) is 2.35. The third kappa shape index (κ3) is 2.51. The highest BCUT2D eigenvalue weighted by Crippen LogP contribution is 2.27. The van der Waals surface area contributed by atoms with Crippen LogP contribution >= 0.6 is 0 Å². The van der Waals surface area contributed by atoms with Crippen molar-refractivity contribution < 1.29 is 9.53 Å². The number of esters is 1. The van der Waals surface area contributed by atoms with Crippen molar-refractivity contribution in [1.29, 1.82) is 0 Å². The molecule has 3 heteroatoms. The molecule has 0 amide bonds. The van der Waals surface area contributed by atoms with Crippen LogP contribution in [0.2, 0.25) is 0 Å². The molecular weight excluding hydrogens is 190 g/mol. The van der Waals surface area contributed by atoms with Gasteiger partial charge in [0.15, 0.2) is 0 Å². The summed E-state index contributed by atoms with van der Waals surface area (Å²) < 4.78 is 4.91. The standard InChI is InChI=1S/C12H23NO2/c1-5-12(3,11(14)15-4)13-8-6-7-10(2)9-13/h10H,5-9H2,1-4H3/t10-,12+/m0/s1. The van der Waals surface area contributed by atoms with E-state index in [1.54, 1.807) is 0 Å². The summed E-state index contributed by atoms with van der Waals surface area (Å²) >= 11 is 0. The molecule has 88 valence electrons. The number of carbonyl (C=O) groups is 1. The first-order valence-electron chi connectivity index (χ1n) is 5.88. The predicted octanol–water partition coefficient (Wildman–Crippen LogP) is 2.06. The Kier molecular flexibility index (Phi) is 4.14. The van der Waals surface area contributed by atoms with Crippen molar-refractivity contribution in [3.8, 4) is 0 Å². The van der Waals surface area contributed by atoms with Crippen LogP contribution in [-0.4, -0.2) is 36.6 Å². The highest BCUT2D eigenvalue weighted by atomic mass is 16.5. The highest BCUT2D eigenvalue weighted by Gasteiger charge is 2.40. The van der Waals surface area contributed by atoms with Gasteiger partial charge in [0.2, 0.25) is 0 Å². The van der Waals surface area contributed by atoms with E-state index in [9.17, 15) is 4.79 Å². The van der Waals surface area contributed by atoms with Crippen LogP contribution in [0, 0.1) is 5.92 Å². The SMILES string of the molecule is CC[C@](C)(C(=O)OC)N1CCC[C@H](C)C1. The Morgan fingerprint density at radius 3 is 2.73 bits per heavy atom. The van der Waals surface area contributed by atoms with Crippen LogP contribution < -0.4 is 0 Å². The lowest BCUT2D eigenvalue weighted by Gasteiger charge is -2.42. The maximum absolute atomic E-state index is 11.8. The van der Waals surface area contributed by atoms with E-state index < -0.39 is 5.54 Å². The molecule has 2 atom stereocenters. The predicted molar refractivity (Wildman–Crippen MR) is 60.7 cm³/mol. The Bertz CT molecular complexity index is 230. The molecule has 1 fully saturated rings. The first-order chi connectivity index (χ1) is 7.04. The van der Waals surface area contributed by atoms with Gasteiger partial charge in [0.05, 0.1) is 7.11 Å². The highest BCUT2D eigenvalue weighted by molar-refractivity contribution is 5.80. The van der Waals surface area contributed by atoms with E-state index in [1.165, 1.54) is 20.0 Å². The van der Waals surface area contributed by atoms with Crippen molar-refractivity contribution >= 4 is 5.97 Å². The zero-order valence-corrected chi connectivity index (χ0v) is 10.4. The number of ether oxygens (including phenoxy) is 1. The molecule has 0 spiro atoms. The van der Waals surface area contributed by atoms with Gasteiger partial charge in [0.25, 0.3) is 0 Å². The summed E-state index contributed by atoms with van der Waals surface area (Å²) in [4.78, 5) is 14.1. The molecular formula is C12H23NO2. The Hall–Kier alpha value is -0.570. The maximum Gasteiger partial charge on any atom is 0.325 e. The van der Waals surface area contributed by atoms with Crippen LogP contribution in [0.4, 0.5) is 0 Å². The van der Waals surface area contributed by atoms with Crippen molar-refractivity contribution in [2.24, 2.45) is 5.92 Å². The van der Waals surface area contributed by atoms with Gasteiger partial charge in [-0.2, -0.15) is 0 Å². The average molecular weight is 213 g/mol. The van der Waals surface area contributed by atoms with Crippen molar-refractivity contribution in [3.05, 3.63) is 0 Å². The minimum Gasteiger partial charge on any atom is -0.468 e. The number of piperidine rings is 1. The largest absolute Gasteiger partial charge is 0.468 e. The quantitative estimate of drug-likeness (QED) is 0.672. The smallest absolute Gasteiger partial charge is 0.325 e. The minimum absolute atomic E-state index is 0.0981. The molecule has 1 saturated heterocycles. The summed E-state index contributed by atoms with van der Waals surface area (Å²) in [6.07, 6.45) is 3.28. The number of methoxy groups -OCH3 is 1. The molecule has 1 aliphatic heterocycles. The second kappa shape index (κ2) is 4.97. The van der Waals surface area contributed by atoms with Gasteiger partial charge < -0.3 is 4.74 Å². The van der Waals surface area contributed by atoms with Crippen LogP contribution in [0.1, 0.15) is 40.0 Å². The molecule has 0 aromatic carbocycles. The van der Waals surface area contributed by atoms with Crippen molar-refractivity contribution in [1.82, 2.24) is 4.90 Å². The first kappa shape index (κ1) is 12.5. The average Bonchev–Trinajstić information content (AvgIpc) is 2.26. The molecule has 15 heavy (non-hydrogen) atoms. The Labute approximate surface area is 92.8 Å². The van der Waals surface area contributed by atoms with E-state index in [-0.39, 0.29) is 5.97 Å².